The maximum Gasteiger partial charge on any atom is 0.191 e. The summed E-state index contributed by atoms with van der Waals surface area (Å²) in [6.45, 7) is 8.02. The zero-order valence-corrected chi connectivity index (χ0v) is 18.9. The van der Waals surface area contributed by atoms with Gasteiger partial charge in [-0.15, -0.1) is 0 Å². The van der Waals surface area contributed by atoms with Crippen LogP contribution in [0, 0.1) is 0 Å². The Bertz CT molecular complexity index is 708. The summed E-state index contributed by atoms with van der Waals surface area (Å²) in [6.07, 6.45) is 2.79. The number of aliphatic imine (C=N–C) groups is 1. The van der Waals surface area contributed by atoms with Crippen molar-refractivity contribution in [1.29, 1.82) is 0 Å². The van der Waals surface area contributed by atoms with Gasteiger partial charge in [-0.2, -0.15) is 0 Å². The molecule has 0 radical (unpaired) electrons. The van der Waals surface area contributed by atoms with E-state index in [9.17, 15) is 0 Å². The lowest BCUT2D eigenvalue weighted by Crippen LogP contribution is -2.52. The van der Waals surface area contributed by atoms with E-state index in [2.05, 4.69) is 37.6 Å². The zero-order valence-electron chi connectivity index (χ0n) is 18.9. The summed E-state index contributed by atoms with van der Waals surface area (Å²) in [5, 5.41) is 7.01. The maximum atomic E-state index is 6.08. The molecule has 0 bridgehead atoms. The van der Waals surface area contributed by atoms with Crippen LogP contribution < -0.4 is 15.4 Å². The average Bonchev–Trinajstić information content (AvgIpc) is 3.30. The third kappa shape index (κ3) is 5.88. The number of benzene rings is 1. The van der Waals surface area contributed by atoms with Crippen molar-refractivity contribution < 1.29 is 14.2 Å². The minimum Gasteiger partial charge on any atom is -0.497 e. The fourth-order valence-electron chi connectivity index (χ4n) is 4.81. The molecule has 0 amide bonds. The smallest absolute Gasteiger partial charge is 0.191 e. The first-order chi connectivity index (χ1) is 15.3. The molecule has 3 fully saturated rings. The van der Waals surface area contributed by atoms with Crippen LogP contribution in [0.4, 0.5) is 0 Å². The van der Waals surface area contributed by atoms with Crippen molar-refractivity contribution in [2.45, 2.75) is 31.0 Å². The van der Waals surface area contributed by atoms with Crippen LogP contribution in [-0.4, -0.2) is 101 Å². The molecular weight excluding hydrogens is 394 g/mol. The van der Waals surface area contributed by atoms with Crippen molar-refractivity contribution >= 4 is 5.96 Å². The quantitative estimate of drug-likeness (QED) is 0.495. The molecule has 0 spiro atoms. The van der Waals surface area contributed by atoms with E-state index in [0.717, 1.165) is 64.3 Å². The van der Waals surface area contributed by atoms with Gasteiger partial charge < -0.3 is 24.8 Å². The lowest BCUT2D eigenvalue weighted by Gasteiger charge is -2.36. The molecule has 31 heavy (non-hydrogen) atoms. The number of hydrogen-bond acceptors (Lipinski definition) is 6. The molecule has 3 aliphatic rings. The molecule has 3 saturated heterocycles. The van der Waals surface area contributed by atoms with E-state index < -0.39 is 0 Å². The first kappa shape index (κ1) is 22.3. The van der Waals surface area contributed by atoms with Gasteiger partial charge in [0.1, 0.15) is 5.75 Å². The molecule has 172 valence electrons. The summed E-state index contributed by atoms with van der Waals surface area (Å²) >= 11 is 0. The summed E-state index contributed by atoms with van der Waals surface area (Å²) in [7, 11) is 3.52. The molecule has 2 N–H and O–H groups in total. The zero-order chi connectivity index (χ0) is 21.5. The average molecular weight is 432 g/mol. The molecule has 3 heterocycles. The molecule has 4 rings (SSSR count). The molecule has 8 nitrogen and oxygen atoms in total. The van der Waals surface area contributed by atoms with Crippen molar-refractivity contribution in [2.24, 2.45) is 4.99 Å². The van der Waals surface area contributed by atoms with Crippen molar-refractivity contribution in [3.63, 3.8) is 0 Å². The van der Waals surface area contributed by atoms with Crippen LogP contribution in [0.15, 0.2) is 29.3 Å². The Hall–Kier alpha value is -1.87. The van der Waals surface area contributed by atoms with Gasteiger partial charge in [0.15, 0.2) is 5.96 Å². The van der Waals surface area contributed by atoms with Gasteiger partial charge in [0.25, 0.3) is 0 Å². The van der Waals surface area contributed by atoms with Crippen LogP contribution >= 0.6 is 0 Å². The molecule has 3 aliphatic heterocycles. The number of ether oxygens (including phenoxy) is 3. The van der Waals surface area contributed by atoms with Crippen molar-refractivity contribution in [2.75, 3.05) is 73.2 Å². The van der Waals surface area contributed by atoms with Gasteiger partial charge in [0.05, 0.1) is 39.1 Å². The second-order valence-corrected chi connectivity index (χ2v) is 8.52. The summed E-state index contributed by atoms with van der Waals surface area (Å²) in [6, 6.07) is 9.24. The summed E-state index contributed by atoms with van der Waals surface area (Å²) in [4.78, 5) is 9.49. The van der Waals surface area contributed by atoms with E-state index in [1.54, 1.807) is 7.11 Å². The molecule has 0 saturated carbocycles. The van der Waals surface area contributed by atoms with Gasteiger partial charge in [0.2, 0.25) is 0 Å². The first-order valence-electron chi connectivity index (χ1n) is 11.5. The van der Waals surface area contributed by atoms with Crippen LogP contribution in [0.2, 0.25) is 0 Å². The minimum absolute atomic E-state index is 0.213. The van der Waals surface area contributed by atoms with Crippen LogP contribution in [0.5, 0.6) is 5.75 Å². The molecule has 3 unspecified atom stereocenters. The number of methoxy groups -OCH3 is 1. The predicted octanol–water partition coefficient (Wildman–Crippen LogP) is 1.10. The van der Waals surface area contributed by atoms with Crippen molar-refractivity contribution in [3.8, 4) is 5.75 Å². The fraction of sp³-hybridized carbons (Fsp3) is 0.696. The number of nitrogens with one attached hydrogen (secondary N) is 2. The molecule has 0 aromatic heterocycles. The van der Waals surface area contributed by atoms with E-state index in [1.807, 2.05) is 19.2 Å². The number of nitrogens with zero attached hydrogens (tertiary/aromatic N) is 3. The Kier molecular flexibility index (Phi) is 8.02. The molecule has 1 aromatic rings. The van der Waals surface area contributed by atoms with E-state index in [1.165, 1.54) is 24.9 Å². The highest BCUT2D eigenvalue weighted by Gasteiger charge is 2.32. The summed E-state index contributed by atoms with van der Waals surface area (Å²) < 4.78 is 17.0. The van der Waals surface area contributed by atoms with Gasteiger partial charge in [-0.1, -0.05) is 12.1 Å². The van der Waals surface area contributed by atoms with E-state index in [0.29, 0.717) is 6.04 Å². The topological polar surface area (TPSA) is 70.6 Å². The SMILES string of the molecule is CN=C(NCC1CN2CCCC2CO1)NCC(c1ccc(OC)cc1)N1CCOCC1. The van der Waals surface area contributed by atoms with Gasteiger partial charge in [-0.3, -0.25) is 14.8 Å². The number of morpholine rings is 2. The Morgan fingerprint density at radius 1 is 1.19 bits per heavy atom. The van der Waals surface area contributed by atoms with Crippen molar-refractivity contribution in [3.05, 3.63) is 29.8 Å². The standard InChI is InChI=1S/C23H37N5O3/c1-24-23(25-14-21-16-28-9-3-4-19(28)17-31-21)26-15-22(27-10-12-30-13-11-27)18-5-7-20(29-2)8-6-18/h5-8,19,21-22H,3-4,9-17H2,1-2H3,(H2,24,25,26). The lowest BCUT2D eigenvalue weighted by atomic mass is 10.0. The Balaban J connectivity index is 1.32. The third-order valence-electron chi connectivity index (χ3n) is 6.63. The number of fused-ring (bicyclic) bond motifs is 1. The summed E-state index contributed by atoms with van der Waals surface area (Å²) in [5.74, 6) is 1.70. The molecule has 3 atom stereocenters. The molecular formula is C23H37N5O3. The second kappa shape index (κ2) is 11.1. The Morgan fingerprint density at radius 2 is 2.00 bits per heavy atom. The van der Waals surface area contributed by atoms with Gasteiger partial charge in [-0.05, 0) is 37.1 Å². The van der Waals surface area contributed by atoms with Gasteiger partial charge in [-0.25, -0.2) is 0 Å². The second-order valence-electron chi connectivity index (χ2n) is 8.52. The number of guanidine groups is 1. The Labute approximate surface area is 185 Å². The van der Waals surface area contributed by atoms with Gasteiger partial charge in [0, 0.05) is 45.8 Å². The van der Waals surface area contributed by atoms with E-state index in [4.69, 9.17) is 14.2 Å². The highest BCUT2D eigenvalue weighted by molar-refractivity contribution is 5.79. The fourth-order valence-corrected chi connectivity index (χ4v) is 4.81. The monoisotopic (exact) mass is 431 g/mol. The predicted molar refractivity (Wildman–Crippen MR) is 122 cm³/mol. The first-order valence-corrected chi connectivity index (χ1v) is 11.5. The van der Waals surface area contributed by atoms with Crippen LogP contribution in [0.25, 0.3) is 0 Å². The van der Waals surface area contributed by atoms with Crippen LogP contribution in [-0.2, 0) is 9.47 Å². The Morgan fingerprint density at radius 3 is 2.74 bits per heavy atom. The normalized spacial score (nSPS) is 26.3. The largest absolute Gasteiger partial charge is 0.497 e. The highest BCUT2D eigenvalue weighted by Crippen LogP contribution is 2.24. The van der Waals surface area contributed by atoms with Gasteiger partial charge >= 0.3 is 0 Å². The summed E-state index contributed by atoms with van der Waals surface area (Å²) in [5.41, 5.74) is 1.27. The molecule has 8 heteroatoms. The molecule has 0 aliphatic carbocycles. The van der Waals surface area contributed by atoms with Crippen LogP contribution in [0.3, 0.4) is 0 Å². The maximum absolute atomic E-state index is 6.08. The van der Waals surface area contributed by atoms with Crippen molar-refractivity contribution in [1.82, 2.24) is 20.4 Å². The molecule has 1 aromatic carbocycles. The minimum atomic E-state index is 0.213. The van der Waals surface area contributed by atoms with Crippen LogP contribution in [0.1, 0.15) is 24.4 Å². The number of rotatable bonds is 7. The van der Waals surface area contributed by atoms with E-state index in [-0.39, 0.29) is 12.1 Å². The number of hydrogen-bond donors (Lipinski definition) is 2. The third-order valence-corrected chi connectivity index (χ3v) is 6.63. The van der Waals surface area contributed by atoms with E-state index >= 15 is 0 Å². The lowest BCUT2D eigenvalue weighted by molar-refractivity contribution is -0.0453. The highest BCUT2D eigenvalue weighted by atomic mass is 16.5.